The van der Waals surface area contributed by atoms with Gasteiger partial charge in [0, 0.05) is 6.54 Å². The van der Waals surface area contributed by atoms with Crippen LogP contribution in [0.2, 0.25) is 0 Å². The third-order valence-electron chi connectivity index (χ3n) is 2.80. The Morgan fingerprint density at radius 1 is 1.40 bits per heavy atom. The number of nitriles is 1. The summed E-state index contributed by atoms with van der Waals surface area (Å²) in [6.07, 6.45) is 2.50. The van der Waals surface area contributed by atoms with Gasteiger partial charge in [0.15, 0.2) is 0 Å². The highest BCUT2D eigenvalue weighted by Gasteiger charge is 2.44. The Morgan fingerprint density at radius 2 is 2.20 bits per heavy atom. The number of hydrogen-bond donors (Lipinski definition) is 0. The van der Waals surface area contributed by atoms with Crippen LogP contribution < -0.4 is 0 Å². The van der Waals surface area contributed by atoms with E-state index in [2.05, 4.69) is 18.0 Å². The van der Waals surface area contributed by atoms with Crippen molar-refractivity contribution in [3.05, 3.63) is 0 Å². The highest BCUT2D eigenvalue weighted by molar-refractivity contribution is 5.03. The van der Waals surface area contributed by atoms with Crippen molar-refractivity contribution < 1.29 is 0 Å². The Hall–Kier alpha value is -0.550. The van der Waals surface area contributed by atoms with Gasteiger partial charge in [-0.2, -0.15) is 5.26 Å². The van der Waals surface area contributed by atoms with Gasteiger partial charge in [0.05, 0.1) is 12.1 Å². The molecule has 0 amide bonds. The Morgan fingerprint density at radius 3 is 2.90 bits per heavy atom. The molecule has 0 radical (unpaired) electrons. The largest absolute Gasteiger partial charge is 0.291 e. The van der Waals surface area contributed by atoms with Crippen molar-refractivity contribution in [2.24, 2.45) is 11.8 Å². The van der Waals surface area contributed by atoms with E-state index < -0.39 is 0 Å². The van der Waals surface area contributed by atoms with Gasteiger partial charge in [-0.05, 0) is 31.7 Å². The fourth-order valence-electron chi connectivity index (χ4n) is 1.94. The van der Waals surface area contributed by atoms with E-state index in [0.29, 0.717) is 0 Å². The van der Waals surface area contributed by atoms with Crippen molar-refractivity contribution in [3.63, 3.8) is 0 Å². The minimum absolute atomic E-state index is 0.212. The summed E-state index contributed by atoms with van der Waals surface area (Å²) >= 11 is 0. The quantitative estimate of drug-likeness (QED) is 0.493. The van der Waals surface area contributed by atoms with Gasteiger partial charge in [-0.3, -0.25) is 4.90 Å². The summed E-state index contributed by atoms with van der Waals surface area (Å²) in [5.74, 6) is 1.84. The molecule has 0 aromatic heterocycles. The summed E-state index contributed by atoms with van der Waals surface area (Å²) in [7, 11) is 2.06. The molecule has 3 unspecified atom stereocenters. The Labute approximate surface area is 61.4 Å². The fourth-order valence-corrected chi connectivity index (χ4v) is 1.94. The maximum atomic E-state index is 8.71. The molecule has 0 aromatic carbocycles. The molecule has 10 heavy (non-hydrogen) atoms. The van der Waals surface area contributed by atoms with Crippen LogP contribution in [0.4, 0.5) is 0 Å². The second-order valence-electron chi connectivity index (χ2n) is 3.58. The molecule has 0 N–H and O–H groups in total. The second-order valence-corrected chi connectivity index (χ2v) is 3.58. The summed E-state index contributed by atoms with van der Waals surface area (Å²) in [6.45, 7) is 1.16. The first-order valence-corrected chi connectivity index (χ1v) is 3.91. The highest BCUT2D eigenvalue weighted by atomic mass is 15.1. The van der Waals surface area contributed by atoms with Gasteiger partial charge < -0.3 is 0 Å². The van der Waals surface area contributed by atoms with Crippen LogP contribution in [0.5, 0.6) is 0 Å². The van der Waals surface area contributed by atoms with Gasteiger partial charge in [-0.15, -0.1) is 0 Å². The summed E-state index contributed by atoms with van der Waals surface area (Å²) in [5.41, 5.74) is 0. The lowest BCUT2D eigenvalue weighted by atomic mass is 10.0. The van der Waals surface area contributed by atoms with E-state index in [1.807, 2.05) is 0 Å². The van der Waals surface area contributed by atoms with Crippen LogP contribution in [-0.4, -0.2) is 24.5 Å². The molecule has 1 heterocycles. The zero-order valence-corrected chi connectivity index (χ0v) is 6.25. The van der Waals surface area contributed by atoms with Crippen molar-refractivity contribution in [1.29, 1.82) is 5.26 Å². The molecule has 2 rings (SSSR count). The molecule has 3 atom stereocenters. The van der Waals surface area contributed by atoms with E-state index in [-0.39, 0.29) is 6.04 Å². The summed E-state index contributed by atoms with van der Waals surface area (Å²) < 4.78 is 0. The van der Waals surface area contributed by atoms with E-state index in [9.17, 15) is 0 Å². The first kappa shape index (κ1) is 6.18. The minimum atomic E-state index is 0.212. The molecule has 54 valence electrons. The number of hydrogen-bond acceptors (Lipinski definition) is 2. The number of rotatable bonds is 0. The SMILES string of the molecule is CN1CC2CC2CC1C#N. The van der Waals surface area contributed by atoms with Crippen LogP contribution in [0.15, 0.2) is 0 Å². The van der Waals surface area contributed by atoms with Crippen molar-refractivity contribution in [2.75, 3.05) is 13.6 Å². The Balaban J connectivity index is 2.02. The molecular formula is C8H12N2. The van der Waals surface area contributed by atoms with Crippen molar-refractivity contribution in [2.45, 2.75) is 18.9 Å². The molecular weight excluding hydrogens is 124 g/mol. The molecule has 1 saturated carbocycles. The average molecular weight is 136 g/mol. The zero-order valence-electron chi connectivity index (χ0n) is 6.25. The van der Waals surface area contributed by atoms with Crippen LogP contribution in [0, 0.1) is 23.2 Å². The molecule has 0 bridgehead atoms. The van der Waals surface area contributed by atoms with Crippen LogP contribution >= 0.6 is 0 Å². The minimum Gasteiger partial charge on any atom is -0.291 e. The summed E-state index contributed by atoms with van der Waals surface area (Å²) in [6, 6.07) is 2.55. The maximum Gasteiger partial charge on any atom is 0.0978 e. The number of likely N-dealkylation sites (tertiary alicyclic amines) is 1. The van der Waals surface area contributed by atoms with Gasteiger partial charge in [0.25, 0.3) is 0 Å². The first-order chi connectivity index (χ1) is 4.81. The lowest BCUT2D eigenvalue weighted by molar-refractivity contribution is 0.217. The standard InChI is InChI=1S/C8H12N2/c1-10-5-7-2-6(7)3-8(10)4-9/h6-8H,2-3,5H2,1H3. The molecule has 2 aliphatic rings. The number of fused-ring (bicyclic) bond motifs is 1. The monoisotopic (exact) mass is 136 g/mol. The molecule has 0 spiro atoms. The van der Waals surface area contributed by atoms with Gasteiger partial charge in [0.2, 0.25) is 0 Å². The lowest BCUT2D eigenvalue weighted by Gasteiger charge is -2.26. The van der Waals surface area contributed by atoms with Crippen LogP contribution in [-0.2, 0) is 0 Å². The zero-order chi connectivity index (χ0) is 7.14. The lowest BCUT2D eigenvalue weighted by Crippen LogP contribution is -2.36. The topological polar surface area (TPSA) is 27.0 Å². The predicted octanol–water partition coefficient (Wildman–Crippen LogP) is 0.850. The Bertz CT molecular complexity index is 182. The van der Waals surface area contributed by atoms with Crippen molar-refractivity contribution in [1.82, 2.24) is 4.90 Å². The van der Waals surface area contributed by atoms with Crippen LogP contribution in [0.25, 0.3) is 0 Å². The van der Waals surface area contributed by atoms with Gasteiger partial charge >= 0.3 is 0 Å². The van der Waals surface area contributed by atoms with Crippen molar-refractivity contribution in [3.8, 4) is 6.07 Å². The molecule has 2 heteroatoms. The summed E-state index contributed by atoms with van der Waals surface area (Å²) in [5, 5.41) is 8.71. The molecule has 1 saturated heterocycles. The van der Waals surface area contributed by atoms with E-state index in [1.54, 1.807) is 0 Å². The molecule has 1 aliphatic carbocycles. The number of piperidine rings is 1. The third-order valence-corrected chi connectivity index (χ3v) is 2.80. The fraction of sp³-hybridized carbons (Fsp3) is 0.875. The van der Waals surface area contributed by atoms with E-state index in [0.717, 1.165) is 24.8 Å². The predicted molar refractivity (Wildman–Crippen MR) is 38.2 cm³/mol. The second kappa shape index (κ2) is 1.96. The molecule has 0 aromatic rings. The average Bonchev–Trinajstić information content (AvgIpc) is 2.64. The van der Waals surface area contributed by atoms with Crippen molar-refractivity contribution >= 4 is 0 Å². The summed E-state index contributed by atoms with van der Waals surface area (Å²) in [4.78, 5) is 2.19. The molecule has 1 aliphatic heterocycles. The van der Waals surface area contributed by atoms with Gasteiger partial charge in [0.1, 0.15) is 0 Å². The van der Waals surface area contributed by atoms with Gasteiger partial charge in [-0.25, -0.2) is 0 Å². The van der Waals surface area contributed by atoms with Crippen LogP contribution in [0.1, 0.15) is 12.8 Å². The van der Waals surface area contributed by atoms with Crippen LogP contribution in [0.3, 0.4) is 0 Å². The first-order valence-electron chi connectivity index (χ1n) is 3.91. The smallest absolute Gasteiger partial charge is 0.0978 e. The van der Waals surface area contributed by atoms with E-state index in [1.165, 1.54) is 6.42 Å². The molecule has 2 nitrogen and oxygen atoms in total. The van der Waals surface area contributed by atoms with Gasteiger partial charge in [-0.1, -0.05) is 0 Å². The maximum absolute atomic E-state index is 8.71. The molecule has 2 fully saturated rings. The van der Waals surface area contributed by atoms with E-state index in [4.69, 9.17) is 5.26 Å². The number of nitrogens with zero attached hydrogens (tertiary/aromatic N) is 2. The third kappa shape index (κ3) is 0.819. The Kier molecular flexibility index (Phi) is 1.21. The van der Waals surface area contributed by atoms with E-state index >= 15 is 0 Å². The highest BCUT2D eigenvalue weighted by Crippen LogP contribution is 2.46. The normalized spacial score (nSPS) is 45.8.